The van der Waals surface area contributed by atoms with Crippen molar-refractivity contribution in [1.29, 1.82) is 0 Å². The van der Waals surface area contributed by atoms with Gasteiger partial charge in [-0.05, 0) is 51.2 Å². The van der Waals surface area contributed by atoms with Crippen LogP contribution >= 0.6 is 0 Å². The van der Waals surface area contributed by atoms with E-state index in [9.17, 15) is 14.4 Å². The molecule has 3 saturated heterocycles. The molecule has 12 nitrogen and oxygen atoms in total. The van der Waals surface area contributed by atoms with E-state index < -0.39 is 72.3 Å². The van der Waals surface area contributed by atoms with Gasteiger partial charge in [-0.3, -0.25) is 4.79 Å². The summed E-state index contributed by atoms with van der Waals surface area (Å²) in [7, 11) is 0. The number of rotatable bonds is 12. The Morgan fingerprint density at radius 1 is 0.830 bits per heavy atom. The van der Waals surface area contributed by atoms with Gasteiger partial charge in [0, 0.05) is 6.42 Å². The Morgan fingerprint density at radius 3 is 2.11 bits per heavy atom. The summed E-state index contributed by atoms with van der Waals surface area (Å²) in [5.74, 6) is -2.99. The second kappa shape index (κ2) is 14.7. The van der Waals surface area contributed by atoms with Crippen molar-refractivity contribution in [3.05, 3.63) is 71.8 Å². The van der Waals surface area contributed by atoms with E-state index in [4.69, 9.17) is 33.2 Å². The number of hydrogen-bond acceptors (Lipinski definition) is 10. The van der Waals surface area contributed by atoms with Crippen LogP contribution in [0.25, 0.3) is 0 Å². The molecule has 2 aromatic carbocycles. The first-order valence-corrected chi connectivity index (χ1v) is 16.1. The van der Waals surface area contributed by atoms with E-state index in [0.29, 0.717) is 0 Å². The standard InChI is InChI=1S/C35H46N2O10/c1-21(2)17-25(31(39)43-28-27(26-20-42-34(3,4)45-26)44-32-29(28)46-35(5,6)47-32)36-30(38)24(18-22-13-9-7-10-14-22)37-33(40)41-19-23-15-11-8-12-16-23/h7-16,21,24-29,32H,17-20H2,1-6H3,(H,36,38)(H,37,40)/t24-,25-,26-,27-,28-,29-,32+/m1/s1. The van der Waals surface area contributed by atoms with Gasteiger partial charge >= 0.3 is 12.1 Å². The van der Waals surface area contributed by atoms with Crippen LogP contribution in [0.1, 0.15) is 59.1 Å². The van der Waals surface area contributed by atoms with Crippen molar-refractivity contribution in [2.75, 3.05) is 6.61 Å². The van der Waals surface area contributed by atoms with E-state index in [2.05, 4.69) is 10.6 Å². The number of carbonyl (C=O) groups excluding carboxylic acids is 3. The zero-order valence-corrected chi connectivity index (χ0v) is 27.8. The molecule has 3 heterocycles. The number of amides is 2. The summed E-state index contributed by atoms with van der Waals surface area (Å²) < 4.78 is 41.5. The molecule has 0 bridgehead atoms. The summed E-state index contributed by atoms with van der Waals surface area (Å²) in [5, 5.41) is 5.53. The molecule has 3 aliphatic rings. The normalized spacial score (nSPS) is 27.1. The SMILES string of the molecule is CC(C)C[C@@H](NC(=O)[C@@H](Cc1ccccc1)NC(=O)OCc1ccccc1)C(=O)O[C@H]1[C@H]2OC(C)(C)O[C@@H]2O[C@@H]1[C@H]1COC(C)(C)O1. The van der Waals surface area contributed by atoms with Crippen LogP contribution in [-0.4, -0.2) is 78.9 Å². The van der Waals surface area contributed by atoms with Crippen LogP contribution in [0.4, 0.5) is 4.79 Å². The zero-order chi connectivity index (χ0) is 33.8. The lowest BCUT2D eigenvalue weighted by molar-refractivity contribution is -0.235. The lowest BCUT2D eigenvalue weighted by atomic mass is 10.0. The van der Waals surface area contributed by atoms with Crippen molar-refractivity contribution in [3.8, 4) is 0 Å². The molecule has 3 aliphatic heterocycles. The molecule has 256 valence electrons. The number of esters is 1. The quantitative estimate of drug-likeness (QED) is 0.323. The number of alkyl carbamates (subject to hydrolysis) is 1. The van der Waals surface area contributed by atoms with Crippen LogP contribution in [0.2, 0.25) is 0 Å². The molecule has 0 spiro atoms. The minimum atomic E-state index is -1.03. The van der Waals surface area contributed by atoms with Crippen LogP contribution in [0.15, 0.2) is 60.7 Å². The smallest absolute Gasteiger partial charge is 0.408 e. The van der Waals surface area contributed by atoms with Gasteiger partial charge in [0.25, 0.3) is 0 Å². The lowest BCUT2D eigenvalue weighted by Crippen LogP contribution is -2.54. The molecule has 7 atom stereocenters. The van der Waals surface area contributed by atoms with E-state index in [1.165, 1.54) is 0 Å². The minimum Gasteiger partial charge on any atom is -0.455 e. The number of nitrogens with one attached hydrogen (secondary N) is 2. The maximum absolute atomic E-state index is 13.9. The molecule has 0 unspecified atom stereocenters. The number of carbonyl (C=O) groups is 3. The Kier molecular flexibility index (Phi) is 10.9. The molecule has 47 heavy (non-hydrogen) atoms. The fourth-order valence-electron chi connectivity index (χ4n) is 5.96. The molecule has 0 aromatic heterocycles. The van der Waals surface area contributed by atoms with Gasteiger partial charge in [-0.2, -0.15) is 0 Å². The molecular weight excluding hydrogens is 608 g/mol. The maximum Gasteiger partial charge on any atom is 0.408 e. The largest absolute Gasteiger partial charge is 0.455 e. The van der Waals surface area contributed by atoms with E-state index in [-0.39, 0.29) is 32.0 Å². The third-order valence-electron chi connectivity index (χ3n) is 8.09. The molecule has 2 aromatic rings. The molecule has 0 saturated carbocycles. The number of fused-ring (bicyclic) bond motifs is 1. The predicted molar refractivity (Wildman–Crippen MR) is 169 cm³/mol. The van der Waals surface area contributed by atoms with Gasteiger partial charge in [-0.25, -0.2) is 9.59 Å². The Bertz CT molecular complexity index is 1370. The Hall–Kier alpha value is -3.55. The molecule has 2 N–H and O–H groups in total. The van der Waals surface area contributed by atoms with Crippen molar-refractivity contribution in [2.24, 2.45) is 5.92 Å². The average Bonchev–Trinajstić information content (AvgIpc) is 3.64. The first-order chi connectivity index (χ1) is 22.3. The number of ether oxygens (including phenoxy) is 7. The summed E-state index contributed by atoms with van der Waals surface area (Å²) >= 11 is 0. The monoisotopic (exact) mass is 654 g/mol. The molecule has 0 radical (unpaired) electrons. The number of benzene rings is 2. The molecule has 3 fully saturated rings. The fraction of sp³-hybridized carbons (Fsp3) is 0.571. The highest BCUT2D eigenvalue weighted by Crippen LogP contribution is 2.42. The molecule has 2 amide bonds. The van der Waals surface area contributed by atoms with Crippen LogP contribution in [-0.2, 0) is 55.8 Å². The van der Waals surface area contributed by atoms with Crippen LogP contribution in [0.3, 0.4) is 0 Å². The van der Waals surface area contributed by atoms with Gasteiger partial charge in [0.05, 0.1) is 6.61 Å². The molecular formula is C35H46N2O10. The van der Waals surface area contributed by atoms with Gasteiger partial charge in [-0.15, -0.1) is 0 Å². The Balaban J connectivity index is 1.30. The molecule has 0 aliphatic carbocycles. The summed E-state index contributed by atoms with van der Waals surface area (Å²) in [5.41, 5.74) is 1.62. The van der Waals surface area contributed by atoms with Crippen molar-refractivity contribution in [2.45, 2.75) is 115 Å². The lowest BCUT2D eigenvalue weighted by Gasteiger charge is -2.30. The fourth-order valence-corrected chi connectivity index (χ4v) is 5.96. The van der Waals surface area contributed by atoms with Crippen LogP contribution in [0.5, 0.6) is 0 Å². The topological polar surface area (TPSA) is 140 Å². The summed E-state index contributed by atoms with van der Waals surface area (Å²) in [6.45, 7) is 11.3. The van der Waals surface area contributed by atoms with Crippen LogP contribution < -0.4 is 10.6 Å². The molecule has 5 rings (SSSR count). The van der Waals surface area contributed by atoms with E-state index >= 15 is 0 Å². The maximum atomic E-state index is 13.9. The first kappa shape index (κ1) is 34.8. The minimum absolute atomic E-state index is 0.0185. The van der Waals surface area contributed by atoms with Gasteiger partial charge in [-0.1, -0.05) is 74.5 Å². The second-order valence-corrected chi connectivity index (χ2v) is 13.5. The van der Waals surface area contributed by atoms with Crippen molar-refractivity contribution >= 4 is 18.0 Å². The van der Waals surface area contributed by atoms with Crippen LogP contribution in [0, 0.1) is 5.92 Å². The summed E-state index contributed by atoms with van der Waals surface area (Å²) in [6.07, 6.45) is -3.95. The van der Waals surface area contributed by atoms with Gasteiger partial charge in [0.15, 0.2) is 30.1 Å². The highest BCUT2D eigenvalue weighted by molar-refractivity contribution is 5.90. The third-order valence-corrected chi connectivity index (χ3v) is 8.09. The predicted octanol–water partition coefficient (Wildman–Crippen LogP) is 3.99. The zero-order valence-electron chi connectivity index (χ0n) is 27.8. The van der Waals surface area contributed by atoms with E-state index in [0.717, 1.165) is 11.1 Å². The average molecular weight is 655 g/mol. The summed E-state index contributed by atoms with van der Waals surface area (Å²) in [6, 6.07) is 16.4. The van der Waals surface area contributed by atoms with E-state index in [1.807, 2.05) is 74.5 Å². The first-order valence-electron chi connectivity index (χ1n) is 16.1. The van der Waals surface area contributed by atoms with Gasteiger partial charge in [0.1, 0.15) is 30.9 Å². The highest BCUT2D eigenvalue weighted by Gasteiger charge is 2.60. The molecule has 12 heteroatoms. The Labute approximate surface area is 275 Å². The van der Waals surface area contributed by atoms with Crippen molar-refractivity contribution in [3.63, 3.8) is 0 Å². The number of hydrogen-bond donors (Lipinski definition) is 2. The van der Waals surface area contributed by atoms with Crippen molar-refractivity contribution in [1.82, 2.24) is 10.6 Å². The van der Waals surface area contributed by atoms with Gasteiger partial charge < -0.3 is 43.8 Å². The van der Waals surface area contributed by atoms with Gasteiger partial charge in [0.2, 0.25) is 5.91 Å². The van der Waals surface area contributed by atoms with E-state index in [1.54, 1.807) is 27.7 Å². The second-order valence-electron chi connectivity index (χ2n) is 13.5. The highest BCUT2D eigenvalue weighted by atomic mass is 16.8. The third kappa shape index (κ3) is 9.29. The summed E-state index contributed by atoms with van der Waals surface area (Å²) in [4.78, 5) is 40.6. The Morgan fingerprint density at radius 2 is 1.49 bits per heavy atom. The van der Waals surface area contributed by atoms with Crippen molar-refractivity contribution < 1.29 is 47.5 Å².